The molecular weight excluding hydrogens is 749 g/mol. The molecule has 286 valence electrons. The molecule has 0 radical (unpaired) electrons. The number of hydrogen-bond acceptors (Lipinski definition) is 4. The lowest BCUT2D eigenvalue weighted by molar-refractivity contribution is 0.897. The Morgan fingerprint density at radius 1 is 0.567 bits per heavy atom. The molecule has 7 aromatic carbocycles. The molecule has 0 amide bonds. The fourth-order valence-corrected chi connectivity index (χ4v) is 10.1. The highest BCUT2D eigenvalue weighted by atomic mass is 32.1. The molecule has 4 nitrogen and oxygen atoms in total. The lowest BCUT2D eigenvalue weighted by Crippen LogP contribution is -2.11. The van der Waals surface area contributed by atoms with E-state index in [0.29, 0.717) is 17.6 Å². The van der Waals surface area contributed by atoms with Crippen molar-refractivity contribution in [3.05, 3.63) is 204 Å². The summed E-state index contributed by atoms with van der Waals surface area (Å²) in [5, 5.41) is 6.17. The number of allylic oxidation sites excluding steroid dienone is 5. The second-order valence-electron chi connectivity index (χ2n) is 15.4. The maximum Gasteiger partial charge on any atom is 0.238 e. The molecule has 1 aliphatic carbocycles. The fourth-order valence-electron chi connectivity index (χ4n) is 8.97. The SMILES string of the molecule is C/C=C\C(=C/C)c1ccc(-c2nc(-c3ccc(-c4ccccc4)cc3)nc(-n3c4c(c5ccc6ccccc6c53)CCC=C4c3ccc4sc5ccccc5c4c3)n2)cc1. The van der Waals surface area contributed by atoms with Gasteiger partial charge in [-0.05, 0) is 83.7 Å². The van der Waals surface area contributed by atoms with Crippen LogP contribution in [0.2, 0.25) is 0 Å². The van der Waals surface area contributed by atoms with Gasteiger partial charge in [0.25, 0.3) is 0 Å². The molecule has 1 aliphatic rings. The second-order valence-corrected chi connectivity index (χ2v) is 16.4. The second kappa shape index (κ2) is 14.9. The van der Waals surface area contributed by atoms with E-state index in [1.165, 1.54) is 64.2 Å². The molecule has 5 heteroatoms. The normalized spacial score (nSPS) is 13.2. The molecule has 0 spiro atoms. The summed E-state index contributed by atoms with van der Waals surface area (Å²) in [6, 6.07) is 56.6. The lowest BCUT2D eigenvalue weighted by atomic mass is 9.90. The van der Waals surface area contributed by atoms with Crippen molar-refractivity contribution in [2.24, 2.45) is 0 Å². The molecule has 0 saturated carbocycles. The van der Waals surface area contributed by atoms with Crippen molar-refractivity contribution < 1.29 is 0 Å². The van der Waals surface area contributed by atoms with Gasteiger partial charge in [-0.3, -0.25) is 4.57 Å². The van der Waals surface area contributed by atoms with Crippen molar-refractivity contribution in [2.45, 2.75) is 26.7 Å². The van der Waals surface area contributed by atoms with E-state index < -0.39 is 0 Å². The van der Waals surface area contributed by atoms with Gasteiger partial charge in [0.15, 0.2) is 11.6 Å². The zero-order chi connectivity index (χ0) is 40.2. The standard InChI is InChI=1S/C55H40N4S/c1-3-13-35(4-2)37-22-26-40(27-23-37)53-56-54(41-28-24-38(25-29-41)36-14-6-5-7-15-36)58-55(57-53)59-51-43-17-9-8-16-39(43)30-32-47(51)46-20-12-19-44(52(46)59)42-31-33-50-48(34-42)45-18-10-11-21-49(45)60-50/h3-11,13-19,21-34H,12,20H2,1-2H3/b13-3-,35-4+. The predicted octanol–water partition coefficient (Wildman–Crippen LogP) is 14.7. The number of benzene rings is 7. The molecule has 0 fully saturated rings. The van der Waals surface area contributed by atoms with Crippen LogP contribution in [0.15, 0.2) is 182 Å². The van der Waals surface area contributed by atoms with Crippen LogP contribution in [0, 0.1) is 0 Å². The van der Waals surface area contributed by atoms with Gasteiger partial charge in [-0.1, -0.05) is 164 Å². The average Bonchev–Trinajstić information content (AvgIpc) is 3.87. The highest BCUT2D eigenvalue weighted by molar-refractivity contribution is 7.25. The minimum Gasteiger partial charge on any atom is -0.277 e. The van der Waals surface area contributed by atoms with Crippen LogP contribution in [0.25, 0.3) is 92.8 Å². The smallest absolute Gasteiger partial charge is 0.238 e. The maximum absolute atomic E-state index is 5.43. The van der Waals surface area contributed by atoms with Gasteiger partial charge in [0.05, 0.1) is 11.2 Å². The van der Waals surface area contributed by atoms with E-state index in [9.17, 15) is 0 Å². The summed E-state index contributed by atoms with van der Waals surface area (Å²) in [5.41, 5.74) is 12.5. The number of aromatic nitrogens is 4. The van der Waals surface area contributed by atoms with Crippen LogP contribution in [-0.4, -0.2) is 19.5 Å². The summed E-state index contributed by atoms with van der Waals surface area (Å²) >= 11 is 1.85. The number of nitrogens with zero attached hydrogens (tertiary/aromatic N) is 4. The molecule has 0 aliphatic heterocycles. The van der Waals surface area contributed by atoms with Gasteiger partial charge in [0.2, 0.25) is 5.95 Å². The Morgan fingerprint density at radius 2 is 1.22 bits per heavy atom. The Morgan fingerprint density at radius 3 is 1.98 bits per heavy atom. The van der Waals surface area contributed by atoms with E-state index >= 15 is 0 Å². The van der Waals surface area contributed by atoms with Gasteiger partial charge < -0.3 is 0 Å². The fraction of sp³-hybridized carbons (Fsp3) is 0.0727. The van der Waals surface area contributed by atoms with E-state index in [1.54, 1.807) is 0 Å². The van der Waals surface area contributed by atoms with E-state index in [2.05, 4.69) is 187 Å². The van der Waals surface area contributed by atoms with Crippen LogP contribution in [0.3, 0.4) is 0 Å². The largest absolute Gasteiger partial charge is 0.277 e. The van der Waals surface area contributed by atoms with Gasteiger partial charge >= 0.3 is 0 Å². The van der Waals surface area contributed by atoms with Crippen molar-refractivity contribution in [3.63, 3.8) is 0 Å². The molecule has 3 heterocycles. The monoisotopic (exact) mass is 788 g/mol. The number of hydrogen-bond donors (Lipinski definition) is 0. The van der Waals surface area contributed by atoms with Crippen molar-refractivity contribution in [2.75, 3.05) is 0 Å². The van der Waals surface area contributed by atoms with Crippen molar-refractivity contribution in [1.82, 2.24) is 19.5 Å². The first-order chi connectivity index (χ1) is 29.6. The third-order valence-corrected chi connectivity index (χ3v) is 13.0. The number of fused-ring (bicyclic) bond motifs is 8. The molecule has 11 rings (SSSR count). The van der Waals surface area contributed by atoms with Crippen LogP contribution < -0.4 is 0 Å². The molecule has 0 bridgehead atoms. The Bertz CT molecular complexity index is 3360. The van der Waals surface area contributed by atoms with E-state index in [1.807, 2.05) is 24.3 Å². The summed E-state index contributed by atoms with van der Waals surface area (Å²) in [6.45, 7) is 4.13. The predicted molar refractivity (Wildman–Crippen MR) is 254 cm³/mol. The first-order valence-corrected chi connectivity index (χ1v) is 21.5. The maximum atomic E-state index is 5.43. The minimum atomic E-state index is 0.603. The summed E-state index contributed by atoms with van der Waals surface area (Å²) in [6.07, 6.45) is 10.7. The van der Waals surface area contributed by atoms with Crippen LogP contribution in [0.1, 0.15) is 42.7 Å². The van der Waals surface area contributed by atoms with E-state index in [0.717, 1.165) is 46.3 Å². The molecule has 0 saturated heterocycles. The lowest BCUT2D eigenvalue weighted by Gasteiger charge is -2.19. The van der Waals surface area contributed by atoms with Gasteiger partial charge in [-0.25, -0.2) is 4.98 Å². The molecule has 0 atom stereocenters. The Balaban J connectivity index is 1.16. The number of thiophene rings is 1. The van der Waals surface area contributed by atoms with E-state index in [-0.39, 0.29) is 0 Å². The average molecular weight is 789 g/mol. The molecule has 3 aromatic heterocycles. The minimum absolute atomic E-state index is 0.603. The highest BCUT2D eigenvalue weighted by Crippen LogP contribution is 2.44. The Kier molecular flexibility index (Phi) is 8.90. The third kappa shape index (κ3) is 6.09. The molecule has 0 unspecified atom stereocenters. The summed E-state index contributed by atoms with van der Waals surface area (Å²) in [7, 11) is 0. The number of rotatable bonds is 7. The summed E-state index contributed by atoms with van der Waals surface area (Å²) < 4.78 is 4.95. The molecule has 0 N–H and O–H groups in total. The van der Waals surface area contributed by atoms with Crippen molar-refractivity contribution in [1.29, 1.82) is 0 Å². The summed E-state index contributed by atoms with van der Waals surface area (Å²) in [4.78, 5) is 16.1. The zero-order valence-electron chi connectivity index (χ0n) is 33.4. The highest BCUT2D eigenvalue weighted by Gasteiger charge is 2.28. The third-order valence-electron chi connectivity index (χ3n) is 11.9. The van der Waals surface area contributed by atoms with Gasteiger partial charge in [0, 0.05) is 47.6 Å². The van der Waals surface area contributed by atoms with Crippen molar-refractivity contribution >= 4 is 64.3 Å². The topological polar surface area (TPSA) is 43.6 Å². The van der Waals surface area contributed by atoms with Gasteiger partial charge in [-0.2, -0.15) is 9.97 Å². The first kappa shape index (κ1) is 35.9. The van der Waals surface area contributed by atoms with Gasteiger partial charge in [0.1, 0.15) is 0 Å². The van der Waals surface area contributed by atoms with E-state index in [4.69, 9.17) is 15.0 Å². The Hall–Kier alpha value is -7.21. The van der Waals surface area contributed by atoms with Gasteiger partial charge in [-0.15, -0.1) is 11.3 Å². The van der Waals surface area contributed by atoms with Crippen molar-refractivity contribution in [3.8, 4) is 39.9 Å². The Labute approximate surface area is 353 Å². The van der Waals surface area contributed by atoms with Crippen LogP contribution in [-0.2, 0) is 6.42 Å². The number of aryl methyl sites for hydroxylation is 1. The molecule has 60 heavy (non-hydrogen) atoms. The summed E-state index contributed by atoms with van der Waals surface area (Å²) in [5.74, 6) is 1.86. The van der Waals surface area contributed by atoms with Crippen LogP contribution >= 0.6 is 11.3 Å². The molecular formula is C55H40N4S. The zero-order valence-corrected chi connectivity index (χ0v) is 34.2. The van der Waals surface area contributed by atoms with Crippen LogP contribution in [0.4, 0.5) is 0 Å². The quantitative estimate of drug-likeness (QED) is 0.151. The van der Waals surface area contributed by atoms with Crippen LogP contribution in [0.5, 0.6) is 0 Å². The first-order valence-electron chi connectivity index (χ1n) is 20.6. The molecule has 10 aromatic rings.